The molecule has 30 heavy (non-hydrogen) atoms. The molecule has 2 aromatic carbocycles. The highest BCUT2D eigenvalue weighted by molar-refractivity contribution is 5.72. The zero-order valence-electron chi connectivity index (χ0n) is 17.2. The van der Waals surface area contributed by atoms with Crippen molar-refractivity contribution in [3.8, 4) is 17.1 Å². The molecular formula is C25H26O5. The van der Waals surface area contributed by atoms with Crippen molar-refractivity contribution in [3.05, 3.63) is 84.1 Å². The first-order chi connectivity index (χ1) is 14.6. The lowest BCUT2D eigenvalue weighted by atomic mass is 10.0. The molecule has 5 heteroatoms. The number of furan rings is 1. The van der Waals surface area contributed by atoms with Crippen molar-refractivity contribution in [3.63, 3.8) is 0 Å². The van der Waals surface area contributed by atoms with Gasteiger partial charge >= 0.3 is 5.97 Å². The number of rotatable bonds is 10. The van der Waals surface area contributed by atoms with Crippen LogP contribution < -0.4 is 4.74 Å². The quantitative estimate of drug-likeness (QED) is 0.484. The maximum Gasteiger partial charge on any atom is 0.333 e. The van der Waals surface area contributed by atoms with Gasteiger partial charge < -0.3 is 19.0 Å². The lowest BCUT2D eigenvalue weighted by Crippen LogP contribution is -2.26. The minimum absolute atomic E-state index is 0.330. The van der Waals surface area contributed by atoms with E-state index in [2.05, 4.69) is 12.1 Å². The van der Waals surface area contributed by atoms with Crippen LogP contribution in [0.2, 0.25) is 0 Å². The number of aliphatic carboxylic acids is 1. The predicted molar refractivity (Wildman–Crippen MR) is 116 cm³/mol. The van der Waals surface area contributed by atoms with Crippen LogP contribution in [0.4, 0.5) is 0 Å². The first kappa shape index (κ1) is 21.4. The summed E-state index contributed by atoms with van der Waals surface area (Å²) in [5.41, 5.74) is 4.19. The fourth-order valence-corrected chi connectivity index (χ4v) is 3.08. The summed E-state index contributed by atoms with van der Waals surface area (Å²) in [7, 11) is 0. The number of allylic oxidation sites excluding steroid dienone is 1. The van der Waals surface area contributed by atoms with Crippen LogP contribution in [0.25, 0.3) is 16.9 Å². The first-order valence-corrected chi connectivity index (χ1v) is 9.94. The molecule has 0 aliphatic carbocycles. The maximum absolute atomic E-state index is 11.2. The van der Waals surface area contributed by atoms with E-state index in [0.29, 0.717) is 19.6 Å². The molecule has 0 aliphatic heterocycles. The second-order valence-corrected chi connectivity index (χ2v) is 6.88. The highest BCUT2D eigenvalue weighted by Crippen LogP contribution is 2.23. The molecule has 0 fully saturated rings. The van der Waals surface area contributed by atoms with Crippen LogP contribution in [0.15, 0.2) is 77.4 Å². The number of hydrogen-bond donors (Lipinski definition) is 1. The molecule has 1 unspecified atom stereocenters. The highest BCUT2D eigenvalue weighted by atomic mass is 16.5. The summed E-state index contributed by atoms with van der Waals surface area (Å²) in [5.74, 6) is 0.639. The smallest absolute Gasteiger partial charge is 0.333 e. The Kier molecular flexibility index (Phi) is 7.46. The zero-order valence-corrected chi connectivity index (χ0v) is 17.2. The second kappa shape index (κ2) is 10.5. The van der Waals surface area contributed by atoms with E-state index in [0.717, 1.165) is 33.8 Å². The van der Waals surface area contributed by atoms with Gasteiger partial charge in [0.2, 0.25) is 0 Å². The average Bonchev–Trinajstić information content (AvgIpc) is 3.29. The van der Waals surface area contributed by atoms with Crippen molar-refractivity contribution in [2.45, 2.75) is 26.4 Å². The molecule has 0 bridgehead atoms. The Hall–Kier alpha value is -3.31. The third kappa shape index (κ3) is 5.84. The van der Waals surface area contributed by atoms with Crippen LogP contribution in [0.1, 0.15) is 25.0 Å². The molecule has 0 spiro atoms. The van der Waals surface area contributed by atoms with Crippen molar-refractivity contribution in [1.29, 1.82) is 0 Å². The molecular weight excluding hydrogens is 380 g/mol. The standard InChI is InChI=1S/C25H26O5/c1-3-28-24(25(26)27)17-19-6-12-22(13-7-19)29-16-14-18(2)20-8-10-21(11-9-20)23-5-4-15-30-23/h4-15,24H,3,16-17H2,1-2H3,(H,26,27). The Labute approximate surface area is 176 Å². The van der Waals surface area contributed by atoms with E-state index in [1.54, 1.807) is 13.2 Å². The van der Waals surface area contributed by atoms with Crippen molar-refractivity contribution >= 4 is 11.5 Å². The lowest BCUT2D eigenvalue weighted by molar-refractivity contribution is -0.149. The van der Waals surface area contributed by atoms with Crippen LogP contribution >= 0.6 is 0 Å². The van der Waals surface area contributed by atoms with E-state index >= 15 is 0 Å². The van der Waals surface area contributed by atoms with E-state index in [1.807, 2.05) is 61.5 Å². The van der Waals surface area contributed by atoms with E-state index in [-0.39, 0.29) is 0 Å². The Morgan fingerprint density at radius 3 is 2.43 bits per heavy atom. The molecule has 0 saturated carbocycles. The van der Waals surface area contributed by atoms with Crippen molar-refractivity contribution in [2.75, 3.05) is 13.2 Å². The summed E-state index contributed by atoms with van der Waals surface area (Å²) < 4.78 is 16.5. The molecule has 0 saturated heterocycles. The molecule has 156 valence electrons. The highest BCUT2D eigenvalue weighted by Gasteiger charge is 2.17. The van der Waals surface area contributed by atoms with Crippen LogP contribution in [-0.2, 0) is 16.0 Å². The van der Waals surface area contributed by atoms with E-state index in [4.69, 9.17) is 13.9 Å². The largest absolute Gasteiger partial charge is 0.490 e. The van der Waals surface area contributed by atoms with Crippen LogP contribution in [-0.4, -0.2) is 30.4 Å². The Morgan fingerprint density at radius 1 is 1.10 bits per heavy atom. The van der Waals surface area contributed by atoms with Crippen molar-refractivity contribution in [1.82, 2.24) is 0 Å². The Balaban J connectivity index is 1.53. The number of ether oxygens (including phenoxy) is 2. The van der Waals surface area contributed by atoms with Crippen molar-refractivity contribution < 1.29 is 23.8 Å². The SMILES string of the molecule is CCOC(Cc1ccc(OCC=C(C)c2ccc(-c3ccco3)cc2)cc1)C(=O)O. The van der Waals surface area contributed by atoms with Gasteiger partial charge in [0.1, 0.15) is 18.1 Å². The van der Waals surface area contributed by atoms with Gasteiger partial charge in [-0.2, -0.15) is 0 Å². The normalized spacial score (nSPS) is 12.5. The van der Waals surface area contributed by atoms with Gasteiger partial charge in [-0.15, -0.1) is 0 Å². The summed E-state index contributed by atoms with van der Waals surface area (Å²) in [6.45, 7) is 4.65. The van der Waals surface area contributed by atoms with Gasteiger partial charge in [0, 0.05) is 18.6 Å². The Morgan fingerprint density at radius 2 is 1.83 bits per heavy atom. The molecule has 3 rings (SSSR count). The van der Waals surface area contributed by atoms with Gasteiger partial charge in [-0.05, 0) is 60.9 Å². The lowest BCUT2D eigenvalue weighted by Gasteiger charge is -2.12. The molecule has 3 aromatic rings. The van der Waals surface area contributed by atoms with E-state index < -0.39 is 12.1 Å². The third-order valence-corrected chi connectivity index (χ3v) is 4.77. The minimum atomic E-state index is -0.949. The number of hydrogen-bond acceptors (Lipinski definition) is 4. The van der Waals surface area contributed by atoms with E-state index in [9.17, 15) is 9.90 Å². The van der Waals surface area contributed by atoms with Crippen LogP contribution in [0.3, 0.4) is 0 Å². The van der Waals surface area contributed by atoms with Gasteiger partial charge in [0.05, 0.1) is 6.26 Å². The summed E-state index contributed by atoms with van der Waals surface area (Å²) in [6, 6.07) is 19.5. The monoisotopic (exact) mass is 406 g/mol. The molecule has 0 radical (unpaired) electrons. The molecule has 5 nitrogen and oxygen atoms in total. The number of carbonyl (C=O) groups is 1. The fourth-order valence-electron chi connectivity index (χ4n) is 3.08. The third-order valence-electron chi connectivity index (χ3n) is 4.77. The first-order valence-electron chi connectivity index (χ1n) is 9.94. The summed E-state index contributed by atoms with van der Waals surface area (Å²) in [5, 5.41) is 9.18. The van der Waals surface area contributed by atoms with Gasteiger partial charge in [-0.25, -0.2) is 4.79 Å². The molecule has 1 N–H and O–H groups in total. The molecule has 0 amide bonds. The fraction of sp³-hybridized carbons (Fsp3) is 0.240. The number of carboxylic acids is 1. The predicted octanol–water partition coefficient (Wildman–Crippen LogP) is 5.46. The Bertz CT molecular complexity index is 954. The summed E-state index contributed by atoms with van der Waals surface area (Å²) >= 11 is 0. The number of carboxylic acid groups (broad SMARTS) is 1. The second-order valence-electron chi connectivity index (χ2n) is 6.88. The molecule has 1 heterocycles. The van der Waals surface area contributed by atoms with Gasteiger partial charge in [-0.3, -0.25) is 0 Å². The van der Waals surface area contributed by atoms with Crippen LogP contribution in [0, 0.1) is 0 Å². The average molecular weight is 406 g/mol. The zero-order chi connectivity index (χ0) is 21.3. The number of benzene rings is 2. The maximum atomic E-state index is 11.2. The van der Waals surface area contributed by atoms with Gasteiger partial charge in [0.25, 0.3) is 0 Å². The van der Waals surface area contributed by atoms with Gasteiger partial charge in [-0.1, -0.05) is 36.4 Å². The topological polar surface area (TPSA) is 68.9 Å². The minimum Gasteiger partial charge on any atom is -0.490 e. The molecule has 0 aliphatic rings. The summed E-state index contributed by atoms with van der Waals surface area (Å²) in [4.78, 5) is 11.2. The molecule has 1 atom stereocenters. The molecule has 1 aromatic heterocycles. The van der Waals surface area contributed by atoms with Crippen molar-refractivity contribution in [2.24, 2.45) is 0 Å². The van der Waals surface area contributed by atoms with Crippen LogP contribution in [0.5, 0.6) is 5.75 Å². The van der Waals surface area contributed by atoms with E-state index in [1.165, 1.54) is 0 Å². The summed E-state index contributed by atoms with van der Waals surface area (Å²) in [6.07, 6.45) is 3.20. The van der Waals surface area contributed by atoms with Gasteiger partial charge in [0.15, 0.2) is 6.10 Å².